The summed E-state index contributed by atoms with van der Waals surface area (Å²) in [5, 5.41) is 0. The number of ether oxygens (including phenoxy) is 1. The third-order valence-corrected chi connectivity index (χ3v) is 1.78. The van der Waals surface area contributed by atoms with Crippen molar-refractivity contribution in [1.29, 1.82) is 0 Å². The van der Waals surface area contributed by atoms with Crippen LogP contribution in [0.2, 0.25) is 0 Å². The molecule has 1 fully saturated rings. The Labute approximate surface area is 43.0 Å². The molecule has 0 aromatic heterocycles. The van der Waals surface area contributed by atoms with Crippen molar-refractivity contribution in [2.75, 3.05) is 6.61 Å². The summed E-state index contributed by atoms with van der Waals surface area (Å²) in [7, 11) is 0. The van der Waals surface area contributed by atoms with Gasteiger partial charge in [0.05, 0.1) is 12.9 Å². The van der Waals surface area contributed by atoms with Crippen molar-refractivity contribution in [3.63, 3.8) is 0 Å². The van der Waals surface area contributed by atoms with Gasteiger partial charge in [-0.15, -0.1) is 0 Å². The summed E-state index contributed by atoms with van der Waals surface area (Å²) in [6.45, 7) is 0.951. The molecule has 1 heterocycles. The monoisotopic (exact) mass is 96.1 g/mol. The Morgan fingerprint density at radius 2 is 2.29 bits per heavy atom. The first-order valence-corrected chi connectivity index (χ1v) is 2.71. The van der Waals surface area contributed by atoms with E-state index in [0.717, 1.165) is 6.61 Å². The van der Waals surface area contributed by atoms with Crippen molar-refractivity contribution < 1.29 is 4.74 Å². The summed E-state index contributed by atoms with van der Waals surface area (Å²) >= 11 is 0. The molecule has 0 saturated heterocycles. The van der Waals surface area contributed by atoms with Crippen molar-refractivity contribution in [1.82, 2.24) is 0 Å². The SMILES string of the molecule is C1=CC2(CC2)CO1. The fraction of sp³-hybridized carbons (Fsp3) is 0.667. The summed E-state index contributed by atoms with van der Waals surface area (Å²) < 4.78 is 5.04. The van der Waals surface area contributed by atoms with E-state index < -0.39 is 0 Å². The Balaban J connectivity index is 2.22. The second kappa shape index (κ2) is 0.857. The smallest absolute Gasteiger partial charge is 0.0964 e. The van der Waals surface area contributed by atoms with Crippen molar-refractivity contribution in [3.05, 3.63) is 12.3 Å². The molecule has 0 radical (unpaired) electrons. The van der Waals surface area contributed by atoms with Crippen LogP contribution in [-0.4, -0.2) is 6.61 Å². The minimum atomic E-state index is 0.542. The van der Waals surface area contributed by atoms with Crippen LogP contribution in [0.15, 0.2) is 12.3 Å². The van der Waals surface area contributed by atoms with Gasteiger partial charge in [0.2, 0.25) is 0 Å². The van der Waals surface area contributed by atoms with Gasteiger partial charge < -0.3 is 4.74 Å². The maximum Gasteiger partial charge on any atom is 0.0964 e. The quantitative estimate of drug-likeness (QED) is 0.442. The third-order valence-electron chi connectivity index (χ3n) is 1.78. The second-order valence-electron chi connectivity index (χ2n) is 2.48. The molecule has 2 rings (SSSR count). The van der Waals surface area contributed by atoms with Gasteiger partial charge in [-0.1, -0.05) is 0 Å². The fourth-order valence-corrected chi connectivity index (χ4v) is 0.926. The first-order chi connectivity index (χ1) is 3.41. The molecule has 0 aromatic rings. The molecule has 7 heavy (non-hydrogen) atoms. The van der Waals surface area contributed by atoms with Gasteiger partial charge in [-0.25, -0.2) is 0 Å². The molecule has 1 nitrogen and oxygen atoms in total. The molecular formula is C6H8O. The van der Waals surface area contributed by atoms with E-state index in [2.05, 4.69) is 6.08 Å². The lowest BCUT2D eigenvalue weighted by molar-refractivity contribution is 0.241. The van der Waals surface area contributed by atoms with Crippen molar-refractivity contribution in [3.8, 4) is 0 Å². The molecule has 1 aliphatic carbocycles. The highest BCUT2D eigenvalue weighted by Gasteiger charge is 2.43. The van der Waals surface area contributed by atoms with Gasteiger partial charge in [-0.3, -0.25) is 0 Å². The van der Waals surface area contributed by atoms with Crippen LogP contribution in [0.1, 0.15) is 12.8 Å². The number of hydrogen-bond acceptors (Lipinski definition) is 1. The normalized spacial score (nSPS) is 30.9. The van der Waals surface area contributed by atoms with E-state index in [9.17, 15) is 0 Å². The van der Waals surface area contributed by atoms with Crippen LogP contribution in [0.4, 0.5) is 0 Å². The molecule has 2 aliphatic rings. The lowest BCUT2D eigenvalue weighted by Gasteiger charge is -1.95. The highest BCUT2D eigenvalue weighted by molar-refractivity contribution is 5.11. The van der Waals surface area contributed by atoms with Gasteiger partial charge in [0.1, 0.15) is 0 Å². The van der Waals surface area contributed by atoms with Crippen LogP contribution < -0.4 is 0 Å². The van der Waals surface area contributed by atoms with Crippen LogP contribution in [0.5, 0.6) is 0 Å². The molecule has 0 unspecified atom stereocenters. The van der Waals surface area contributed by atoms with Gasteiger partial charge >= 0.3 is 0 Å². The summed E-state index contributed by atoms with van der Waals surface area (Å²) in [5.41, 5.74) is 0.542. The summed E-state index contributed by atoms with van der Waals surface area (Å²) in [6.07, 6.45) is 6.72. The van der Waals surface area contributed by atoms with Crippen LogP contribution in [-0.2, 0) is 4.74 Å². The second-order valence-corrected chi connectivity index (χ2v) is 2.48. The Hall–Kier alpha value is -0.460. The van der Waals surface area contributed by atoms with E-state index in [4.69, 9.17) is 4.74 Å². The molecule has 0 atom stereocenters. The average Bonchev–Trinajstić information content (AvgIpc) is 2.15. The van der Waals surface area contributed by atoms with E-state index in [-0.39, 0.29) is 0 Å². The topological polar surface area (TPSA) is 9.23 Å². The van der Waals surface area contributed by atoms with E-state index in [1.807, 2.05) is 6.26 Å². The fourth-order valence-electron chi connectivity index (χ4n) is 0.926. The standard InChI is InChI=1S/C6H8O/c1-2-6(1)3-4-7-5-6/h3-4H,1-2,5H2. The third kappa shape index (κ3) is 0.379. The average molecular weight is 96.1 g/mol. The van der Waals surface area contributed by atoms with Crippen molar-refractivity contribution in [2.24, 2.45) is 5.41 Å². The van der Waals surface area contributed by atoms with E-state index in [1.165, 1.54) is 12.8 Å². The van der Waals surface area contributed by atoms with E-state index in [0.29, 0.717) is 5.41 Å². The van der Waals surface area contributed by atoms with Gasteiger partial charge in [0, 0.05) is 5.41 Å². The minimum absolute atomic E-state index is 0.542. The Morgan fingerprint density at radius 3 is 2.57 bits per heavy atom. The van der Waals surface area contributed by atoms with Gasteiger partial charge in [-0.05, 0) is 18.9 Å². The number of hydrogen-bond donors (Lipinski definition) is 0. The van der Waals surface area contributed by atoms with E-state index in [1.54, 1.807) is 0 Å². The zero-order valence-corrected chi connectivity index (χ0v) is 4.18. The highest BCUT2D eigenvalue weighted by atomic mass is 16.5. The van der Waals surface area contributed by atoms with E-state index >= 15 is 0 Å². The van der Waals surface area contributed by atoms with Crippen LogP contribution in [0, 0.1) is 5.41 Å². The predicted octanol–water partition coefficient (Wildman–Crippen LogP) is 1.31. The van der Waals surface area contributed by atoms with Crippen LogP contribution >= 0.6 is 0 Å². The summed E-state index contributed by atoms with van der Waals surface area (Å²) in [6, 6.07) is 0. The van der Waals surface area contributed by atoms with Gasteiger partial charge in [0.15, 0.2) is 0 Å². The molecule has 1 heteroatoms. The molecule has 1 saturated carbocycles. The molecule has 0 aromatic carbocycles. The minimum Gasteiger partial charge on any atom is -0.501 e. The maximum absolute atomic E-state index is 5.04. The summed E-state index contributed by atoms with van der Waals surface area (Å²) in [4.78, 5) is 0. The Morgan fingerprint density at radius 1 is 1.43 bits per heavy atom. The summed E-state index contributed by atoms with van der Waals surface area (Å²) in [5.74, 6) is 0. The Bertz CT molecular complexity index is 111. The maximum atomic E-state index is 5.04. The lowest BCUT2D eigenvalue weighted by Crippen LogP contribution is -1.95. The molecule has 1 spiro atoms. The Kier molecular flexibility index (Phi) is 0.432. The van der Waals surface area contributed by atoms with Crippen LogP contribution in [0.3, 0.4) is 0 Å². The zero-order valence-electron chi connectivity index (χ0n) is 4.18. The van der Waals surface area contributed by atoms with Crippen LogP contribution in [0.25, 0.3) is 0 Å². The van der Waals surface area contributed by atoms with Crippen molar-refractivity contribution in [2.45, 2.75) is 12.8 Å². The molecule has 38 valence electrons. The molecule has 0 bridgehead atoms. The predicted molar refractivity (Wildman–Crippen MR) is 26.8 cm³/mol. The largest absolute Gasteiger partial charge is 0.501 e. The first kappa shape index (κ1) is 3.53. The lowest BCUT2D eigenvalue weighted by atomic mass is 10.1. The molecule has 1 aliphatic heterocycles. The first-order valence-electron chi connectivity index (χ1n) is 2.71. The van der Waals surface area contributed by atoms with Gasteiger partial charge in [-0.2, -0.15) is 0 Å². The van der Waals surface area contributed by atoms with Gasteiger partial charge in [0.25, 0.3) is 0 Å². The van der Waals surface area contributed by atoms with Crippen molar-refractivity contribution >= 4 is 0 Å². The number of rotatable bonds is 0. The highest BCUT2D eigenvalue weighted by Crippen LogP contribution is 2.49. The molecule has 0 N–H and O–H groups in total. The zero-order chi connectivity index (χ0) is 4.74. The molecular weight excluding hydrogens is 88.1 g/mol. The molecule has 0 amide bonds.